The molecule has 29 heavy (non-hydrogen) atoms. The van der Waals surface area contributed by atoms with Gasteiger partial charge in [-0.2, -0.15) is 0 Å². The number of ether oxygens (including phenoxy) is 2. The van der Waals surface area contributed by atoms with E-state index in [2.05, 4.69) is 37.2 Å². The fraction of sp³-hybridized carbons (Fsp3) is 0.700. The van der Waals surface area contributed by atoms with Crippen molar-refractivity contribution in [2.45, 2.75) is 66.2 Å². The zero-order valence-electron chi connectivity index (χ0n) is 18.3. The van der Waals surface area contributed by atoms with Gasteiger partial charge in [0.15, 0.2) is 0 Å². The normalized spacial score (nSPS) is 8.21. The molecule has 0 aromatic carbocycles. The first-order valence-corrected chi connectivity index (χ1v) is 9.38. The molecule has 0 saturated heterocycles. The molecule has 0 radical (unpaired) electrons. The van der Waals surface area contributed by atoms with Crippen LogP contribution in [-0.2, 0) is 54.9 Å². The van der Waals surface area contributed by atoms with E-state index in [0.717, 1.165) is 25.7 Å². The minimum absolute atomic E-state index is 0. The topological polar surface area (TPSA) is 127 Å². The Hall–Kier alpha value is -1.18. The summed E-state index contributed by atoms with van der Waals surface area (Å²) in [6.07, 6.45) is 3.65. The zero-order chi connectivity index (χ0) is 22.8. The number of rotatable bonds is 10. The fourth-order valence-electron chi connectivity index (χ4n) is 1.06. The Bertz CT molecular complexity index is 347. The smallest absolute Gasteiger partial charge is 0.466 e. The maximum absolute atomic E-state index is 10.4. The maximum atomic E-state index is 10.4. The number of carbonyl (C=O) groups is 4. The van der Waals surface area contributed by atoms with Gasteiger partial charge in [0.2, 0.25) is 0 Å². The molecule has 0 fully saturated rings. The van der Waals surface area contributed by atoms with Gasteiger partial charge in [0.05, 0.1) is 26.1 Å². The van der Waals surface area contributed by atoms with E-state index in [-0.39, 0.29) is 39.0 Å². The quantitative estimate of drug-likeness (QED) is 0.267. The number of carbonyl (C=O) groups excluding carboxylic acids is 4. The Labute approximate surface area is 194 Å². The molecule has 170 valence electrons. The van der Waals surface area contributed by atoms with E-state index < -0.39 is 23.5 Å². The molecule has 0 heterocycles. The Balaban J connectivity index is -0.0000000907. The molecule has 0 amide bonds. The van der Waals surface area contributed by atoms with Crippen LogP contribution in [0, 0.1) is 13.8 Å². The molecule has 0 aromatic rings. The van der Waals surface area contributed by atoms with Crippen molar-refractivity contribution in [3.8, 4) is 0 Å². The molecular weight excluding hydrogens is 459 g/mol. The van der Waals surface area contributed by atoms with Crippen LogP contribution >= 0.6 is 0 Å². The zero-order valence-corrected chi connectivity index (χ0v) is 20.8. The van der Waals surface area contributed by atoms with E-state index in [9.17, 15) is 19.2 Å². The van der Waals surface area contributed by atoms with Crippen molar-refractivity contribution in [2.24, 2.45) is 0 Å². The summed E-state index contributed by atoms with van der Waals surface area (Å²) in [5, 5.41) is 16.1. The second kappa shape index (κ2) is 34.3. The number of esters is 2. The van der Waals surface area contributed by atoms with Crippen molar-refractivity contribution < 1.29 is 65.1 Å². The van der Waals surface area contributed by atoms with Crippen LogP contribution in [0.15, 0.2) is 0 Å². The summed E-state index contributed by atoms with van der Waals surface area (Å²) in [5.41, 5.74) is 0. The third-order valence-corrected chi connectivity index (χ3v) is 2.32. The van der Waals surface area contributed by atoms with Crippen molar-refractivity contribution in [1.82, 2.24) is 0 Å². The number of hydrogen-bond acceptors (Lipinski definition) is 8. The predicted octanol–water partition coefficient (Wildman–Crippen LogP) is 2.24. The van der Waals surface area contributed by atoms with E-state index in [4.69, 9.17) is 10.2 Å². The molecule has 0 spiro atoms. The monoisotopic (exact) mass is 496 g/mol. The Morgan fingerprint density at radius 3 is 1.07 bits per heavy atom. The SMILES string of the molecule is CCCCO.CCCCO.[CH2-]C(=O)CC(=O)OCC.[CH2-]C(=O)CC(=O)OCC.[Zr+2]. The van der Waals surface area contributed by atoms with Gasteiger partial charge in [-0.15, -0.1) is 0 Å². The van der Waals surface area contributed by atoms with Crippen molar-refractivity contribution in [1.29, 1.82) is 0 Å². The van der Waals surface area contributed by atoms with Gasteiger partial charge >= 0.3 is 38.1 Å². The first kappa shape index (κ1) is 38.4. The molecule has 2 N–H and O–H groups in total. The Morgan fingerprint density at radius 1 is 0.690 bits per heavy atom. The number of Topliss-reactive ketones (excluding diaryl/α,β-unsaturated/α-hetero) is 2. The van der Waals surface area contributed by atoms with E-state index in [1.54, 1.807) is 13.8 Å². The summed E-state index contributed by atoms with van der Waals surface area (Å²) in [6.45, 7) is 14.8. The summed E-state index contributed by atoms with van der Waals surface area (Å²) >= 11 is 0. The number of ketones is 2. The molecular formula is C20H38O8Zr. The first-order valence-electron chi connectivity index (χ1n) is 9.38. The van der Waals surface area contributed by atoms with Gasteiger partial charge in [-0.3, -0.25) is 9.59 Å². The molecule has 0 aromatic heterocycles. The van der Waals surface area contributed by atoms with Crippen molar-refractivity contribution in [3.63, 3.8) is 0 Å². The number of unbranched alkanes of at least 4 members (excludes halogenated alkanes) is 2. The van der Waals surface area contributed by atoms with Gasteiger partial charge in [0.1, 0.15) is 0 Å². The van der Waals surface area contributed by atoms with Crippen LogP contribution in [0.5, 0.6) is 0 Å². The van der Waals surface area contributed by atoms with Gasteiger partial charge in [-0.25, -0.2) is 0 Å². The fourth-order valence-corrected chi connectivity index (χ4v) is 1.06. The van der Waals surface area contributed by atoms with E-state index in [1.807, 2.05) is 0 Å². The molecule has 0 atom stereocenters. The number of hydrogen-bond donors (Lipinski definition) is 2. The Morgan fingerprint density at radius 2 is 0.966 bits per heavy atom. The predicted molar refractivity (Wildman–Crippen MR) is 107 cm³/mol. The molecule has 0 unspecified atom stereocenters. The molecule has 0 aliphatic carbocycles. The van der Waals surface area contributed by atoms with E-state index in [0.29, 0.717) is 26.4 Å². The van der Waals surface area contributed by atoms with Crippen molar-refractivity contribution in [3.05, 3.63) is 13.8 Å². The van der Waals surface area contributed by atoms with Gasteiger partial charge in [0, 0.05) is 24.8 Å². The standard InChI is InChI=1S/2C6H9O3.2C4H10O.Zr/c2*1-3-9-6(8)4-5(2)7;2*1-2-3-4-5;/h2*2-4H2,1H3;2*5H,2-4H2,1H3;/q2*-1;;;+2. The third kappa shape index (κ3) is 58.4. The summed E-state index contributed by atoms with van der Waals surface area (Å²) in [6, 6.07) is 0. The molecule has 0 saturated carbocycles. The molecule has 0 rings (SSSR count). The number of aliphatic hydroxyl groups is 2. The van der Waals surface area contributed by atoms with Crippen LogP contribution in [0.4, 0.5) is 0 Å². The molecule has 0 aliphatic rings. The Kier molecular flexibility index (Phi) is 45.5. The van der Waals surface area contributed by atoms with Gasteiger partial charge in [-0.1, -0.05) is 26.7 Å². The van der Waals surface area contributed by atoms with Crippen molar-refractivity contribution >= 4 is 23.5 Å². The van der Waals surface area contributed by atoms with Crippen molar-refractivity contribution in [2.75, 3.05) is 26.4 Å². The number of aliphatic hydroxyl groups excluding tert-OH is 2. The van der Waals surface area contributed by atoms with Crippen LogP contribution in [0.3, 0.4) is 0 Å². The minimum Gasteiger partial charge on any atom is -0.466 e. The molecule has 0 bridgehead atoms. The van der Waals surface area contributed by atoms with Crippen LogP contribution < -0.4 is 0 Å². The second-order valence-electron chi connectivity index (χ2n) is 5.20. The van der Waals surface area contributed by atoms with Crippen LogP contribution in [0.2, 0.25) is 0 Å². The van der Waals surface area contributed by atoms with Crippen LogP contribution in [0.25, 0.3) is 0 Å². The minimum atomic E-state index is -0.502. The maximum Gasteiger partial charge on any atom is 2.00 e. The molecule has 9 heteroatoms. The third-order valence-electron chi connectivity index (χ3n) is 2.32. The summed E-state index contributed by atoms with van der Waals surface area (Å²) in [5.74, 6) is -1.82. The van der Waals surface area contributed by atoms with E-state index >= 15 is 0 Å². The average molecular weight is 498 g/mol. The molecule has 0 aliphatic heterocycles. The summed E-state index contributed by atoms with van der Waals surface area (Å²) < 4.78 is 8.91. The van der Waals surface area contributed by atoms with Gasteiger partial charge < -0.3 is 43.1 Å². The largest absolute Gasteiger partial charge is 2.00 e. The molecule has 8 nitrogen and oxygen atoms in total. The first-order chi connectivity index (χ1) is 13.2. The van der Waals surface area contributed by atoms with Gasteiger partial charge in [-0.05, 0) is 26.7 Å². The van der Waals surface area contributed by atoms with Crippen LogP contribution in [0.1, 0.15) is 66.2 Å². The van der Waals surface area contributed by atoms with Gasteiger partial charge in [0.25, 0.3) is 0 Å². The summed E-state index contributed by atoms with van der Waals surface area (Å²) in [4.78, 5) is 41.0. The van der Waals surface area contributed by atoms with Crippen LogP contribution in [-0.4, -0.2) is 60.1 Å². The second-order valence-corrected chi connectivity index (χ2v) is 5.20. The van der Waals surface area contributed by atoms with E-state index in [1.165, 1.54) is 0 Å². The summed E-state index contributed by atoms with van der Waals surface area (Å²) in [7, 11) is 0. The average Bonchev–Trinajstić information content (AvgIpc) is 2.57.